The van der Waals surface area contributed by atoms with Crippen LogP contribution < -0.4 is 5.32 Å². The fourth-order valence-electron chi connectivity index (χ4n) is 0.758. The van der Waals surface area contributed by atoms with Gasteiger partial charge in [0.25, 0.3) is 0 Å². The van der Waals surface area contributed by atoms with Gasteiger partial charge in [0.1, 0.15) is 0 Å². The molecule has 0 bridgehead atoms. The molecule has 2 atom stereocenters. The average Bonchev–Trinajstić information content (AvgIpc) is 2.03. The molecule has 0 saturated heterocycles. The lowest BCUT2D eigenvalue weighted by Gasteiger charge is -2.13. The van der Waals surface area contributed by atoms with E-state index in [0.29, 0.717) is 6.42 Å². The van der Waals surface area contributed by atoms with Crippen molar-refractivity contribution < 1.29 is 4.79 Å². The van der Waals surface area contributed by atoms with Crippen molar-refractivity contribution in [1.82, 2.24) is 5.32 Å². The van der Waals surface area contributed by atoms with Gasteiger partial charge >= 0.3 is 0 Å². The molecule has 0 aliphatic rings. The largest absolute Gasteiger partial charge is 0.352 e. The van der Waals surface area contributed by atoms with E-state index < -0.39 is 0 Å². The lowest BCUT2D eigenvalue weighted by atomic mass is 10.1. The van der Waals surface area contributed by atoms with Gasteiger partial charge in [0, 0.05) is 12.0 Å². The molecule has 12 heavy (non-hydrogen) atoms. The zero-order valence-electron chi connectivity index (χ0n) is 7.92. The summed E-state index contributed by atoms with van der Waals surface area (Å²) in [7, 11) is 0. The summed E-state index contributed by atoms with van der Waals surface area (Å²) < 4.78 is 0. The van der Waals surface area contributed by atoms with E-state index in [0.717, 1.165) is 6.42 Å². The maximum absolute atomic E-state index is 11.2. The highest BCUT2D eigenvalue weighted by Crippen LogP contribution is 2.01. The number of carbonyl (C=O) groups is 1. The van der Waals surface area contributed by atoms with Crippen molar-refractivity contribution >= 4 is 5.91 Å². The van der Waals surface area contributed by atoms with Crippen LogP contribution in [0.5, 0.6) is 0 Å². The van der Waals surface area contributed by atoms with E-state index in [-0.39, 0.29) is 17.9 Å². The summed E-state index contributed by atoms with van der Waals surface area (Å²) >= 11 is 0. The quantitative estimate of drug-likeness (QED) is 0.690. The Morgan fingerprint density at radius 1 is 1.58 bits per heavy atom. The van der Waals surface area contributed by atoms with Crippen LogP contribution in [0.1, 0.15) is 33.6 Å². The molecule has 0 spiro atoms. The van der Waals surface area contributed by atoms with Gasteiger partial charge in [-0.15, -0.1) is 0 Å². The van der Waals surface area contributed by atoms with Crippen molar-refractivity contribution in [1.29, 1.82) is 5.26 Å². The van der Waals surface area contributed by atoms with E-state index in [1.807, 2.05) is 26.8 Å². The molecule has 1 amide bonds. The Hall–Kier alpha value is -1.04. The van der Waals surface area contributed by atoms with E-state index >= 15 is 0 Å². The third-order valence-electron chi connectivity index (χ3n) is 1.85. The van der Waals surface area contributed by atoms with Crippen molar-refractivity contribution in [3.8, 4) is 6.07 Å². The second-order valence-corrected chi connectivity index (χ2v) is 3.08. The minimum absolute atomic E-state index is 0.0310. The smallest absolute Gasteiger partial charge is 0.223 e. The molecular weight excluding hydrogens is 152 g/mol. The van der Waals surface area contributed by atoms with E-state index in [1.165, 1.54) is 0 Å². The molecule has 0 radical (unpaired) electrons. The fourth-order valence-corrected chi connectivity index (χ4v) is 0.758. The maximum Gasteiger partial charge on any atom is 0.223 e. The minimum atomic E-state index is -0.0310. The van der Waals surface area contributed by atoms with Crippen LogP contribution >= 0.6 is 0 Å². The first-order valence-corrected chi connectivity index (χ1v) is 4.29. The van der Waals surface area contributed by atoms with Crippen LogP contribution in [0.4, 0.5) is 0 Å². The number of carbonyl (C=O) groups excluding carboxylic acids is 1. The van der Waals surface area contributed by atoms with Crippen molar-refractivity contribution in [2.24, 2.45) is 5.92 Å². The van der Waals surface area contributed by atoms with E-state index in [1.54, 1.807) is 0 Å². The van der Waals surface area contributed by atoms with Gasteiger partial charge in [-0.2, -0.15) is 5.26 Å². The summed E-state index contributed by atoms with van der Waals surface area (Å²) in [6.45, 7) is 5.69. The van der Waals surface area contributed by atoms with E-state index in [2.05, 4.69) is 5.32 Å². The number of hydrogen-bond donors (Lipinski definition) is 1. The average molecular weight is 168 g/mol. The van der Waals surface area contributed by atoms with Gasteiger partial charge in [-0.05, 0) is 13.3 Å². The Balaban J connectivity index is 3.77. The van der Waals surface area contributed by atoms with Crippen LogP contribution in [0.2, 0.25) is 0 Å². The molecule has 1 N–H and O–H groups in total. The van der Waals surface area contributed by atoms with Crippen LogP contribution in [0.25, 0.3) is 0 Å². The first kappa shape index (κ1) is 11.0. The number of nitrogens with one attached hydrogen (secondary N) is 1. The normalized spacial score (nSPS) is 14.5. The minimum Gasteiger partial charge on any atom is -0.352 e. The molecule has 0 aliphatic heterocycles. The summed E-state index contributed by atoms with van der Waals surface area (Å²) in [5.74, 6) is 0.0893. The van der Waals surface area contributed by atoms with Crippen molar-refractivity contribution in [2.75, 3.05) is 0 Å². The van der Waals surface area contributed by atoms with Gasteiger partial charge in [-0.25, -0.2) is 0 Å². The Morgan fingerprint density at radius 2 is 2.17 bits per heavy atom. The molecular formula is C9H16N2O. The second-order valence-electron chi connectivity index (χ2n) is 3.08. The highest BCUT2D eigenvalue weighted by molar-refractivity contribution is 5.78. The van der Waals surface area contributed by atoms with Gasteiger partial charge in [0.15, 0.2) is 0 Å². The molecule has 68 valence electrons. The van der Waals surface area contributed by atoms with Crippen molar-refractivity contribution in [3.63, 3.8) is 0 Å². The first-order chi connectivity index (χ1) is 5.61. The topological polar surface area (TPSA) is 52.9 Å². The van der Waals surface area contributed by atoms with Crippen molar-refractivity contribution in [3.05, 3.63) is 0 Å². The SMILES string of the molecule is CCC(C)C(=O)NC(C)CC#N. The highest BCUT2D eigenvalue weighted by atomic mass is 16.1. The summed E-state index contributed by atoms with van der Waals surface area (Å²) in [5.41, 5.74) is 0. The van der Waals surface area contributed by atoms with Crippen LogP contribution in [0, 0.1) is 17.2 Å². The van der Waals surface area contributed by atoms with Gasteiger partial charge in [-0.1, -0.05) is 13.8 Å². The first-order valence-electron chi connectivity index (χ1n) is 4.29. The van der Waals surface area contributed by atoms with Crippen molar-refractivity contribution in [2.45, 2.75) is 39.7 Å². The standard InChI is InChI=1S/C9H16N2O/c1-4-7(2)9(12)11-8(3)5-6-10/h7-8H,4-5H2,1-3H3,(H,11,12). The van der Waals surface area contributed by atoms with Crippen LogP contribution in [-0.4, -0.2) is 11.9 Å². The molecule has 0 aromatic rings. The fraction of sp³-hybridized carbons (Fsp3) is 0.778. The Bertz CT molecular complexity index is 183. The Kier molecular flexibility index (Phi) is 5.11. The molecule has 0 aromatic carbocycles. The molecule has 3 nitrogen and oxygen atoms in total. The molecule has 0 saturated carbocycles. The van der Waals surface area contributed by atoms with E-state index in [4.69, 9.17) is 5.26 Å². The lowest BCUT2D eigenvalue weighted by Crippen LogP contribution is -2.35. The number of nitriles is 1. The molecule has 0 aliphatic carbocycles. The molecule has 0 aromatic heterocycles. The third kappa shape index (κ3) is 3.97. The Morgan fingerprint density at radius 3 is 2.58 bits per heavy atom. The molecule has 0 fully saturated rings. The zero-order valence-corrected chi connectivity index (χ0v) is 7.92. The number of rotatable bonds is 4. The zero-order chi connectivity index (χ0) is 9.56. The maximum atomic E-state index is 11.2. The third-order valence-corrected chi connectivity index (χ3v) is 1.85. The molecule has 3 heteroatoms. The van der Waals surface area contributed by atoms with Crippen LogP contribution in [0.3, 0.4) is 0 Å². The van der Waals surface area contributed by atoms with Gasteiger partial charge in [0.05, 0.1) is 12.5 Å². The molecule has 0 heterocycles. The summed E-state index contributed by atoms with van der Waals surface area (Å²) in [6, 6.07) is 1.98. The molecule has 0 rings (SSSR count). The number of hydrogen-bond acceptors (Lipinski definition) is 2. The summed E-state index contributed by atoms with van der Waals surface area (Å²) in [4.78, 5) is 11.2. The monoisotopic (exact) mass is 168 g/mol. The lowest BCUT2D eigenvalue weighted by molar-refractivity contribution is -0.125. The predicted molar refractivity (Wildman–Crippen MR) is 47.3 cm³/mol. The summed E-state index contributed by atoms with van der Waals surface area (Å²) in [5, 5.41) is 11.1. The van der Waals surface area contributed by atoms with E-state index in [9.17, 15) is 4.79 Å². The van der Waals surface area contributed by atoms with Gasteiger partial charge in [-0.3, -0.25) is 4.79 Å². The second kappa shape index (κ2) is 5.59. The van der Waals surface area contributed by atoms with Crippen LogP contribution in [0.15, 0.2) is 0 Å². The molecule has 2 unspecified atom stereocenters. The van der Waals surface area contributed by atoms with Crippen LogP contribution in [-0.2, 0) is 4.79 Å². The van der Waals surface area contributed by atoms with Gasteiger partial charge in [0.2, 0.25) is 5.91 Å². The Labute approximate surface area is 73.8 Å². The van der Waals surface area contributed by atoms with Gasteiger partial charge < -0.3 is 5.32 Å². The predicted octanol–water partition coefficient (Wildman–Crippen LogP) is 1.45. The highest BCUT2D eigenvalue weighted by Gasteiger charge is 2.12. The number of amides is 1. The summed E-state index contributed by atoms with van der Waals surface area (Å²) in [6.07, 6.45) is 1.22. The number of nitrogens with zero attached hydrogens (tertiary/aromatic N) is 1.